The molecule has 0 radical (unpaired) electrons. The molecule has 0 aliphatic carbocycles. The molecular weight excluding hydrogens is 384 g/mol. The van der Waals surface area contributed by atoms with Gasteiger partial charge >= 0.3 is 0 Å². The Hall–Kier alpha value is -2.44. The summed E-state index contributed by atoms with van der Waals surface area (Å²) in [5.41, 5.74) is 2.19. The summed E-state index contributed by atoms with van der Waals surface area (Å²) in [6.45, 7) is 3.96. The number of rotatable bonds is 7. The van der Waals surface area contributed by atoms with Gasteiger partial charge in [-0.15, -0.1) is 11.3 Å². The molecule has 0 amide bonds. The van der Waals surface area contributed by atoms with Gasteiger partial charge in [0.15, 0.2) is 5.11 Å². The molecule has 4 nitrogen and oxygen atoms in total. The van der Waals surface area contributed by atoms with Gasteiger partial charge in [-0.05, 0) is 62.0 Å². The molecule has 2 N–H and O–H groups in total. The second kappa shape index (κ2) is 8.71. The standard InChI is InChI=1S/C22H24N4S2/c1-16-11-12-19(28-16)21-20(18-10-5-6-13-24-18)25-22(27)26(21)15-7-14-23-17-8-3-2-4-9-17/h2-6,8-13,20-21,23H,7,14-15H2,1H3,(H,25,27)/t20-,21-/m1/s1. The average molecular weight is 409 g/mol. The van der Waals surface area contributed by atoms with Crippen molar-refractivity contribution in [2.24, 2.45) is 0 Å². The fraction of sp³-hybridized carbons (Fsp3) is 0.273. The molecule has 2 atom stereocenters. The molecule has 0 spiro atoms. The summed E-state index contributed by atoms with van der Waals surface area (Å²) in [5, 5.41) is 7.81. The van der Waals surface area contributed by atoms with Crippen molar-refractivity contribution < 1.29 is 0 Å². The van der Waals surface area contributed by atoms with Gasteiger partial charge < -0.3 is 15.5 Å². The van der Waals surface area contributed by atoms with Gasteiger partial charge in [0.25, 0.3) is 0 Å². The fourth-order valence-corrected chi connectivity index (χ4v) is 4.97. The first-order chi connectivity index (χ1) is 13.7. The largest absolute Gasteiger partial charge is 0.385 e. The van der Waals surface area contributed by atoms with Crippen LogP contribution in [0.1, 0.15) is 34.0 Å². The molecular formula is C22H24N4S2. The van der Waals surface area contributed by atoms with Crippen LogP contribution >= 0.6 is 23.6 Å². The number of hydrogen-bond acceptors (Lipinski definition) is 4. The van der Waals surface area contributed by atoms with Gasteiger partial charge in [0.2, 0.25) is 0 Å². The van der Waals surface area contributed by atoms with Crippen LogP contribution in [0.15, 0.2) is 66.9 Å². The molecule has 3 heterocycles. The lowest BCUT2D eigenvalue weighted by Gasteiger charge is -2.27. The lowest BCUT2D eigenvalue weighted by Crippen LogP contribution is -2.31. The molecule has 3 aromatic rings. The number of anilines is 1. The van der Waals surface area contributed by atoms with Crippen molar-refractivity contribution >= 4 is 34.4 Å². The van der Waals surface area contributed by atoms with Crippen LogP contribution in [0.4, 0.5) is 5.69 Å². The van der Waals surface area contributed by atoms with Crippen LogP contribution in [-0.4, -0.2) is 28.1 Å². The lowest BCUT2D eigenvalue weighted by molar-refractivity contribution is 0.320. The Morgan fingerprint density at radius 1 is 1.11 bits per heavy atom. The van der Waals surface area contributed by atoms with Crippen molar-refractivity contribution in [3.63, 3.8) is 0 Å². The van der Waals surface area contributed by atoms with Gasteiger partial charge in [-0.3, -0.25) is 4.98 Å². The first-order valence-corrected chi connectivity index (χ1v) is 10.8. The summed E-state index contributed by atoms with van der Waals surface area (Å²) in [5.74, 6) is 0. The Morgan fingerprint density at radius 2 is 1.93 bits per heavy atom. The van der Waals surface area contributed by atoms with E-state index in [0.717, 1.165) is 36.0 Å². The van der Waals surface area contributed by atoms with Crippen LogP contribution in [0, 0.1) is 6.92 Å². The Balaban J connectivity index is 1.48. The van der Waals surface area contributed by atoms with E-state index in [9.17, 15) is 0 Å². The quantitative estimate of drug-likeness (QED) is 0.429. The number of hydrogen-bond donors (Lipinski definition) is 2. The zero-order valence-corrected chi connectivity index (χ0v) is 17.5. The van der Waals surface area contributed by atoms with Crippen molar-refractivity contribution in [1.82, 2.24) is 15.2 Å². The van der Waals surface area contributed by atoms with Gasteiger partial charge in [-0.1, -0.05) is 24.3 Å². The molecule has 0 bridgehead atoms. The van der Waals surface area contributed by atoms with Crippen LogP contribution in [0.25, 0.3) is 0 Å². The number of nitrogens with zero attached hydrogens (tertiary/aromatic N) is 2. The molecule has 0 saturated carbocycles. The van der Waals surface area contributed by atoms with E-state index in [1.807, 2.05) is 35.7 Å². The highest BCUT2D eigenvalue weighted by Crippen LogP contribution is 2.41. The Kier molecular flexibility index (Phi) is 5.88. The number of nitrogens with one attached hydrogen (secondary N) is 2. The van der Waals surface area contributed by atoms with E-state index in [-0.39, 0.29) is 12.1 Å². The summed E-state index contributed by atoms with van der Waals surface area (Å²) in [6, 6.07) is 21.1. The van der Waals surface area contributed by atoms with Gasteiger partial charge in [0.1, 0.15) is 0 Å². The average Bonchev–Trinajstić information content (AvgIpc) is 3.29. The highest BCUT2D eigenvalue weighted by Gasteiger charge is 2.40. The third-order valence-electron chi connectivity index (χ3n) is 4.93. The van der Waals surface area contributed by atoms with E-state index >= 15 is 0 Å². The molecule has 1 fully saturated rings. The van der Waals surface area contributed by atoms with Crippen LogP contribution < -0.4 is 10.6 Å². The van der Waals surface area contributed by atoms with Crippen molar-refractivity contribution in [2.75, 3.05) is 18.4 Å². The van der Waals surface area contributed by atoms with Crippen molar-refractivity contribution in [2.45, 2.75) is 25.4 Å². The first-order valence-electron chi connectivity index (χ1n) is 9.56. The summed E-state index contributed by atoms with van der Waals surface area (Å²) < 4.78 is 0. The summed E-state index contributed by atoms with van der Waals surface area (Å²) in [6.07, 6.45) is 2.86. The number of aryl methyl sites for hydroxylation is 1. The number of aromatic nitrogens is 1. The molecule has 4 rings (SSSR count). The number of thiophene rings is 1. The second-order valence-corrected chi connectivity index (χ2v) is 8.62. The molecule has 144 valence electrons. The zero-order valence-electron chi connectivity index (χ0n) is 15.8. The SMILES string of the molecule is Cc1ccc([C@@H]2[C@@H](c3ccccn3)NC(=S)N2CCCNc2ccccc2)s1. The topological polar surface area (TPSA) is 40.2 Å². The Morgan fingerprint density at radius 3 is 2.64 bits per heavy atom. The van der Waals surface area contributed by atoms with Gasteiger partial charge in [0, 0.05) is 34.7 Å². The van der Waals surface area contributed by atoms with E-state index < -0.39 is 0 Å². The minimum atomic E-state index is 0.0776. The summed E-state index contributed by atoms with van der Waals surface area (Å²) in [7, 11) is 0. The Bertz CT molecular complexity index is 911. The van der Waals surface area contributed by atoms with E-state index in [1.54, 1.807) is 0 Å². The van der Waals surface area contributed by atoms with E-state index in [1.165, 1.54) is 9.75 Å². The van der Waals surface area contributed by atoms with Crippen LogP contribution in [0.5, 0.6) is 0 Å². The molecule has 28 heavy (non-hydrogen) atoms. The van der Waals surface area contributed by atoms with E-state index in [4.69, 9.17) is 12.2 Å². The molecule has 2 aromatic heterocycles. The van der Waals surface area contributed by atoms with Gasteiger partial charge in [0.05, 0.1) is 17.8 Å². The maximum absolute atomic E-state index is 5.72. The summed E-state index contributed by atoms with van der Waals surface area (Å²) in [4.78, 5) is 9.57. The monoisotopic (exact) mass is 408 g/mol. The minimum Gasteiger partial charge on any atom is -0.385 e. The van der Waals surface area contributed by atoms with E-state index in [0.29, 0.717) is 0 Å². The maximum atomic E-state index is 5.72. The number of pyridine rings is 1. The van der Waals surface area contributed by atoms with Crippen molar-refractivity contribution in [3.8, 4) is 0 Å². The normalized spacial score (nSPS) is 18.9. The Labute approximate surface area is 175 Å². The van der Waals surface area contributed by atoms with Crippen LogP contribution in [0.3, 0.4) is 0 Å². The molecule has 1 saturated heterocycles. The molecule has 1 aliphatic heterocycles. The van der Waals surface area contributed by atoms with Crippen molar-refractivity contribution in [3.05, 3.63) is 82.3 Å². The minimum absolute atomic E-state index is 0.0776. The second-order valence-electron chi connectivity index (χ2n) is 6.91. The maximum Gasteiger partial charge on any atom is 0.170 e. The number of para-hydroxylation sites is 1. The van der Waals surface area contributed by atoms with Gasteiger partial charge in [-0.2, -0.15) is 0 Å². The first kappa shape index (κ1) is 18.9. The van der Waals surface area contributed by atoms with Crippen molar-refractivity contribution in [1.29, 1.82) is 0 Å². The predicted molar refractivity (Wildman–Crippen MR) is 121 cm³/mol. The number of thiocarbonyl (C=S) groups is 1. The van der Waals surface area contributed by atoms with Gasteiger partial charge in [-0.25, -0.2) is 0 Å². The zero-order chi connectivity index (χ0) is 19.3. The third-order valence-corrected chi connectivity index (χ3v) is 6.35. The third kappa shape index (κ3) is 4.18. The molecule has 0 unspecified atom stereocenters. The smallest absolute Gasteiger partial charge is 0.170 e. The van der Waals surface area contributed by atoms with Crippen LogP contribution in [0.2, 0.25) is 0 Å². The summed E-state index contributed by atoms with van der Waals surface area (Å²) >= 11 is 7.56. The van der Waals surface area contributed by atoms with E-state index in [2.05, 4.69) is 69.9 Å². The molecule has 1 aliphatic rings. The highest BCUT2D eigenvalue weighted by atomic mass is 32.1. The number of benzene rings is 1. The lowest BCUT2D eigenvalue weighted by atomic mass is 10.0. The molecule has 6 heteroatoms. The fourth-order valence-electron chi connectivity index (χ4n) is 3.61. The highest BCUT2D eigenvalue weighted by molar-refractivity contribution is 7.80. The molecule has 1 aromatic carbocycles. The van der Waals surface area contributed by atoms with Crippen LogP contribution in [-0.2, 0) is 0 Å². The predicted octanol–water partition coefficient (Wildman–Crippen LogP) is 4.93.